The maximum absolute atomic E-state index is 11.9. The van der Waals surface area contributed by atoms with E-state index in [9.17, 15) is 4.79 Å². The molecule has 20 heavy (non-hydrogen) atoms. The number of amides is 1. The van der Waals surface area contributed by atoms with Gasteiger partial charge in [-0.2, -0.15) is 0 Å². The predicted octanol–water partition coefficient (Wildman–Crippen LogP) is 4.60. The number of carbonyl (C=O) groups is 1. The second-order valence-corrected chi connectivity index (χ2v) is 5.63. The van der Waals surface area contributed by atoms with Gasteiger partial charge in [-0.3, -0.25) is 5.32 Å². The molecule has 0 bridgehead atoms. The van der Waals surface area contributed by atoms with Crippen LogP contribution in [-0.4, -0.2) is 6.09 Å². The molecular formula is C17H19NO2. The van der Waals surface area contributed by atoms with Crippen LogP contribution in [0.1, 0.15) is 26.3 Å². The van der Waals surface area contributed by atoms with Crippen molar-refractivity contribution in [2.75, 3.05) is 5.32 Å². The topological polar surface area (TPSA) is 38.3 Å². The summed E-state index contributed by atoms with van der Waals surface area (Å²) in [5.74, 6) is 0.591. The molecule has 0 aliphatic rings. The molecule has 0 saturated carbocycles. The lowest BCUT2D eigenvalue weighted by Gasteiger charge is -2.22. The molecule has 0 aromatic heterocycles. The number of carbonyl (C=O) groups excluding carboxylic acids is 1. The first kappa shape index (κ1) is 14.1. The lowest BCUT2D eigenvalue weighted by molar-refractivity contribution is 0.214. The van der Waals surface area contributed by atoms with Gasteiger partial charge in [0.1, 0.15) is 5.75 Å². The molecule has 2 rings (SSSR count). The molecule has 0 radical (unpaired) electrons. The minimum atomic E-state index is -0.479. The first-order chi connectivity index (χ1) is 9.47. The number of hydrogen-bond acceptors (Lipinski definition) is 2. The number of hydrogen-bond donors (Lipinski definition) is 1. The molecular weight excluding hydrogens is 250 g/mol. The predicted molar refractivity (Wildman–Crippen MR) is 81.2 cm³/mol. The number of para-hydroxylation sites is 2. The van der Waals surface area contributed by atoms with Crippen molar-refractivity contribution in [2.45, 2.75) is 26.2 Å². The Morgan fingerprint density at radius 2 is 1.55 bits per heavy atom. The van der Waals surface area contributed by atoms with Crippen LogP contribution in [0.5, 0.6) is 5.75 Å². The standard InChI is InChI=1S/C17H19NO2/c1-17(2,3)14-11-7-8-12-15(14)20-16(19)18-13-9-5-4-6-10-13/h4-12H,1-3H3,(H,18,19). The Morgan fingerprint density at radius 1 is 0.950 bits per heavy atom. The van der Waals surface area contributed by atoms with E-state index in [0.717, 1.165) is 5.56 Å². The highest BCUT2D eigenvalue weighted by Crippen LogP contribution is 2.31. The summed E-state index contributed by atoms with van der Waals surface area (Å²) in [6, 6.07) is 16.8. The Kier molecular flexibility index (Phi) is 4.08. The van der Waals surface area contributed by atoms with E-state index in [1.807, 2.05) is 54.6 Å². The highest BCUT2D eigenvalue weighted by atomic mass is 16.6. The molecule has 0 aliphatic heterocycles. The van der Waals surface area contributed by atoms with Crippen LogP contribution in [0.2, 0.25) is 0 Å². The van der Waals surface area contributed by atoms with Gasteiger partial charge >= 0.3 is 6.09 Å². The van der Waals surface area contributed by atoms with E-state index in [4.69, 9.17) is 4.74 Å². The van der Waals surface area contributed by atoms with Crippen LogP contribution < -0.4 is 10.1 Å². The molecule has 3 heteroatoms. The third-order valence-electron chi connectivity index (χ3n) is 2.92. The van der Waals surface area contributed by atoms with E-state index < -0.39 is 6.09 Å². The van der Waals surface area contributed by atoms with Gasteiger partial charge in [-0.25, -0.2) is 4.79 Å². The second kappa shape index (κ2) is 5.78. The number of rotatable bonds is 2. The van der Waals surface area contributed by atoms with Gasteiger partial charge in [0, 0.05) is 11.3 Å². The normalized spacial score (nSPS) is 10.9. The fourth-order valence-corrected chi connectivity index (χ4v) is 1.94. The maximum Gasteiger partial charge on any atom is 0.417 e. The van der Waals surface area contributed by atoms with Crippen LogP contribution in [-0.2, 0) is 5.41 Å². The summed E-state index contributed by atoms with van der Waals surface area (Å²) in [4.78, 5) is 11.9. The summed E-state index contributed by atoms with van der Waals surface area (Å²) in [6.45, 7) is 6.26. The summed E-state index contributed by atoms with van der Waals surface area (Å²) < 4.78 is 5.43. The van der Waals surface area contributed by atoms with E-state index in [-0.39, 0.29) is 5.41 Å². The fourth-order valence-electron chi connectivity index (χ4n) is 1.94. The summed E-state index contributed by atoms with van der Waals surface area (Å²) in [6.07, 6.45) is -0.479. The van der Waals surface area contributed by atoms with Crippen molar-refractivity contribution in [1.82, 2.24) is 0 Å². The average Bonchev–Trinajstić information content (AvgIpc) is 2.39. The first-order valence-corrected chi connectivity index (χ1v) is 6.60. The van der Waals surface area contributed by atoms with Crippen molar-refractivity contribution in [2.24, 2.45) is 0 Å². The van der Waals surface area contributed by atoms with Crippen LogP contribution >= 0.6 is 0 Å². The smallest absolute Gasteiger partial charge is 0.410 e. The molecule has 2 aromatic rings. The molecule has 0 atom stereocenters. The van der Waals surface area contributed by atoms with E-state index in [1.165, 1.54) is 0 Å². The summed E-state index contributed by atoms with van der Waals surface area (Å²) in [5.41, 5.74) is 1.64. The summed E-state index contributed by atoms with van der Waals surface area (Å²) in [5, 5.41) is 2.71. The molecule has 0 saturated heterocycles. The lowest BCUT2D eigenvalue weighted by atomic mass is 9.86. The summed E-state index contributed by atoms with van der Waals surface area (Å²) in [7, 11) is 0. The van der Waals surface area contributed by atoms with Crippen molar-refractivity contribution in [3.05, 3.63) is 60.2 Å². The van der Waals surface area contributed by atoms with E-state index in [1.54, 1.807) is 0 Å². The largest absolute Gasteiger partial charge is 0.417 e. The second-order valence-electron chi connectivity index (χ2n) is 5.63. The Balaban J connectivity index is 2.13. The van der Waals surface area contributed by atoms with Crippen LogP contribution in [0.25, 0.3) is 0 Å². The van der Waals surface area contributed by atoms with Crippen molar-refractivity contribution >= 4 is 11.8 Å². The molecule has 3 nitrogen and oxygen atoms in total. The number of anilines is 1. The molecule has 0 fully saturated rings. The SMILES string of the molecule is CC(C)(C)c1ccccc1OC(=O)Nc1ccccc1. The van der Waals surface area contributed by atoms with Gasteiger partial charge in [-0.05, 0) is 23.6 Å². The van der Waals surface area contributed by atoms with Crippen molar-refractivity contribution in [3.8, 4) is 5.75 Å². The van der Waals surface area contributed by atoms with Crippen molar-refractivity contribution in [1.29, 1.82) is 0 Å². The first-order valence-electron chi connectivity index (χ1n) is 6.60. The van der Waals surface area contributed by atoms with Gasteiger partial charge in [0.25, 0.3) is 0 Å². The Bertz CT molecular complexity index is 585. The number of nitrogens with one attached hydrogen (secondary N) is 1. The Hall–Kier alpha value is -2.29. The van der Waals surface area contributed by atoms with Gasteiger partial charge in [0.2, 0.25) is 0 Å². The maximum atomic E-state index is 11.9. The third kappa shape index (κ3) is 3.60. The van der Waals surface area contributed by atoms with E-state index >= 15 is 0 Å². The summed E-state index contributed by atoms with van der Waals surface area (Å²) >= 11 is 0. The molecule has 2 aromatic carbocycles. The van der Waals surface area contributed by atoms with Crippen molar-refractivity contribution in [3.63, 3.8) is 0 Å². The molecule has 0 heterocycles. The lowest BCUT2D eigenvalue weighted by Crippen LogP contribution is -2.20. The monoisotopic (exact) mass is 269 g/mol. The number of ether oxygens (including phenoxy) is 1. The van der Waals surface area contributed by atoms with Crippen molar-refractivity contribution < 1.29 is 9.53 Å². The fraction of sp³-hybridized carbons (Fsp3) is 0.235. The van der Waals surface area contributed by atoms with Gasteiger partial charge in [0.05, 0.1) is 0 Å². The molecule has 1 amide bonds. The zero-order valence-corrected chi connectivity index (χ0v) is 12.0. The van der Waals surface area contributed by atoms with E-state index in [2.05, 4.69) is 26.1 Å². The Labute approximate surface area is 119 Å². The Morgan fingerprint density at radius 3 is 2.20 bits per heavy atom. The van der Waals surface area contributed by atoms with E-state index in [0.29, 0.717) is 11.4 Å². The van der Waals surface area contributed by atoms with Gasteiger partial charge in [-0.15, -0.1) is 0 Å². The minimum Gasteiger partial charge on any atom is -0.410 e. The molecule has 0 unspecified atom stereocenters. The highest BCUT2D eigenvalue weighted by Gasteiger charge is 2.19. The molecule has 0 spiro atoms. The van der Waals surface area contributed by atoms with Crippen LogP contribution in [0, 0.1) is 0 Å². The quantitative estimate of drug-likeness (QED) is 0.865. The van der Waals surface area contributed by atoms with Gasteiger partial charge in [0.15, 0.2) is 0 Å². The molecule has 104 valence electrons. The zero-order valence-electron chi connectivity index (χ0n) is 12.0. The van der Waals surface area contributed by atoms with Crippen LogP contribution in [0.15, 0.2) is 54.6 Å². The number of benzene rings is 2. The average molecular weight is 269 g/mol. The minimum absolute atomic E-state index is 0.0797. The zero-order chi connectivity index (χ0) is 14.6. The van der Waals surface area contributed by atoms with Gasteiger partial charge in [-0.1, -0.05) is 57.2 Å². The van der Waals surface area contributed by atoms with Crippen LogP contribution in [0.3, 0.4) is 0 Å². The van der Waals surface area contributed by atoms with Crippen LogP contribution in [0.4, 0.5) is 10.5 Å². The van der Waals surface area contributed by atoms with Gasteiger partial charge < -0.3 is 4.74 Å². The third-order valence-corrected chi connectivity index (χ3v) is 2.92. The highest BCUT2D eigenvalue weighted by molar-refractivity contribution is 5.86. The molecule has 0 aliphatic carbocycles. The molecule has 1 N–H and O–H groups in total.